The van der Waals surface area contributed by atoms with Crippen molar-refractivity contribution in [1.82, 2.24) is 14.9 Å². The molecular weight excluding hydrogens is 226 g/mol. The van der Waals surface area contributed by atoms with E-state index >= 15 is 0 Å². The summed E-state index contributed by atoms with van der Waals surface area (Å²) in [5, 5.41) is 3.53. The topological polar surface area (TPSA) is 39.1 Å². The summed E-state index contributed by atoms with van der Waals surface area (Å²) in [6.07, 6.45) is 4.63. The normalized spacial score (nSPS) is 15.6. The minimum absolute atomic E-state index is 0.602. The molecule has 1 aromatic heterocycles. The zero-order valence-corrected chi connectivity index (χ0v) is 11.8. The van der Waals surface area contributed by atoms with Crippen LogP contribution >= 0.6 is 0 Å². The Balaban J connectivity index is 1.79. The fraction of sp³-hybridized carbons (Fsp3) is 0.786. The molecule has 0 aliphatic heterocycles. The van der Waals surface area contributed by atoms with Crippen LogP contribution in [0.25, 0.3) is 0 Å². The molecule has 102 valence electrons. The first-order valence-electron chi connectivity index (χ1n) is 6.99. The number of ether oxygens (including phenoxy) is 1. The summed E-state index contributed by atoms with van der Waals surface area (Å²) in [4.78, 5) is 4.40. The predicted molar refractivity (Wildman–Crippen MR) is 72.5 cm³/mol. The van der Waals surface area contributed by atoms with E-state index in [1.807, 2.05) is 6.20 Å². The SMILES string of the molecule is Cc1ncc(CNC2CC2)n1CCOCC(C)C. The lowest BCUT2D eigenvalue weighted by atomic mass is 10.2. The van der Waals surface area contributed by atoms with Gasteiger partial charge < -0.3 is 14.6 Å². The Hall–Kier alpha value is -0.870. The smallest absolute Gasteiger partial charge is 0.105 e. The van der Waals surface area contributed by atoms with Crippen molar-refractivity contribution >= 4 is 0 Å². The summed E-state index contributed by atoms with van der Waals surface area (Å²) in [5.41, 5.74) is 1.27. The average Bonchev–Trinajstić information content (AvgIpc) is 3.08. The number of imidazole rings is 1. The van der Waals surface area contributed by atoms with Crippen LogP contribution in [0.15, 0.2) is 6.20 Å². The number of hydrogen-bond donors (Lipinski definition) is 1. The summed E-state index contributed by atoms with van der Waals surface area (Å²) in [6.45, 7) is 9.84. The van der Waals surface area contributed by atoms with Gasteiger partial charge in [-0.1, -0.05) is 13.8 Å². The Bertz CT molecular complexity index is 369. The van der Waals surface area contributed by atoms with E-state index in [2.05, 4.69) is 35.6 Å². The molecule has 0 saturated heterocycles. The van der Waals surface area contributed by atoms with E-state index in [1.54, 1.807) is 0 Å². The van der Waals surface area contributed by atoms with Crippen molar-refractivity contribution < 1.29 is 4.74 Å². The van der Waals surface area contributed by atoms with Gasteiger partial charge in [-0.25, -0.2) is 4.98 Å². The second kappa shape index (κ2) is 6.34. The van der Waals surface area contributed by atoms with E-state index < -0.39 is 0 Å². The molecule has 1 heterocycles. The number of rotatable bonds is 8. The van der Waals surface area contributed by atoms with Gasteiger partial charge in [-0.15, -0.1) is 0 Å². The maximum Gasteiger partial charge on any atom is 0.105 e. The summed E-state index contributed by atoms with van der Waals surface area (Å²) in [7, 11) is 0. The molecule has 0 atom stereocenters. The van der Waals surface area contributed by atoms with Crippen molar-refractivity contribution in [2.45, 2.75) is 52.7 Å². The van der Waals surface area contributed by atoms with Crippen LogP contribution in [0.2, 0.25) is 0 Å². The Labute approximate surface area is 110 Å². The zero-order valence-electron chi connectivity index (χ0n) is 11.8. The van der Waals surface area contributed by atoms with Gasteiger partial charge in [0.05, 0.1) is 12.3 Å². The second-order valence-corrected chi connectivity index (χ2v) is 5.57. The molecule has 1 saturated carbocycles. The second-order valence-electron chi connectivity index (χ2n) is 5.57. The highest BCUT2D eigenvalue weighted by Crippen LogP contribution is 2.19. The van der Waals surface area contributed by atoms with Crippen LogP contribution in [-0.2, 0) is 17.8 Å². The first kappa shape index (κ1) is 13.6. The van der Waals surface area contributed by atoms with Gasteiger partial charge in [0.15, 0.2) is 0 Å². The molecule has 4 nitrogen and oxygen atoms in total. The lowest BCUT2D eigenvalue weighted by Crippen LogP contribution is -2.20. The number of aromatic nitrogens is 2. The van der Waals surface area contributed by atoms with Gasteiger partial charge in [-0.3, -0.25) is 0 Å². The molecule has 0 radical (unpaired) electrons. The summed E-state index contributed by atoms with van der Waals surface area (Å²) in [5.74, 6) is 1.68. The maximum absolute atomic E-state index is 5.65. The molecule has 0 amide bonds. The van der Waals surface area contributed by atoms with Crippen LogP contribution in [0, 0.1) is 12.8 Å². The van der Waals surface area contributed by atoms with Crippen molar-refractivity contribution in [2.75, 3.05) is 13.2 Å². The minimum atomic E-state index is 0.602. The lowest BCUT2D eigenvalue weighted by molar-refractivity contribution is 0.102. The van der Waals surface area contributed by atoms with Gasteiger partial charge in [0.25, 0.3) is 0 Å². The van der Waals surface area contributed by atoms with Crippen LogP contribution < -0.4 is 5.32 Å². The molecular formula is C14H25N3O. The standard InChI is InChI=1S/C14H25N3O/c1-11(2)10-18-7-6-17-12(3)15-8-14(17)9-16-13-4-5-13/h8,11,13,16H,4-7,9-10H2,1-3H3. The van der Waals surface area contributed by atoms with E-state index in [1.165, 1.54) is 18.5 Å². The van der Waals surface area contributed by atoms with Crippen LogP contribution in [0.5, 0.6) is 0 Å². The highest BCUT2D eigenvalue weighted by molar-refractivity contribution is 5.05. The van der Waals surface area contributed by atoms with E-state index in [9.17, 15) is 0 Å². The molecule has 4 heteroatoms. The third-order valence-electron chi connectivity index (χ3n) is 3.20. The van der Waals surface area contributed by atoms with Gasteiger partial charge in [0.2, 0.25) is 0 Å². The van der Waals surface area contributed by atoms with Gasteiger partial charge in [0.1, 0.15) is 5.82 Å². The van der Waals surface area contributed by atoms with Crippen LogP contribution in [0.1, 0.15) is 38.2 Å². The molecule has 0 aromatic carbocycles. The Morgan fingerprint density at radius 1 is 1.50 bits per heavy atom. The molecule has 1 aromatic rings. The summed E-state index contributed by atoms with van der Waals surface area (Å²) in [6, 6.07) is 0.742. The highest BCUT2D eigenvalue weighted by Gasteiger charge is 2.20. The fourth-order valence-electron chi connectivity index (χ4n) is 1.97. The molecule has 1 aliphatic rings. The van der Waals surface area contributed by atoms with Crippen LogP contribution in [0.3, 0.4) is 0 Å². The maximum atomic E-state index is 5.65. The first-order valence-corrected chi connectivity index (χ1v) is 6.99. The van der Waals surface area contributed by atoms with E-state index in [4.69, 9.17) is 4.74 Å². The first-order chi connectivity index (χ1) is 8.66. The number of hydrogen-bond acceptors (Lipinski definition) is 3. The molecule has 0 spiro atoms. The van der Waals surface area contributed by atoms with Gasteiger partial charge >= 0.3 is 0 Å². The molecule has 18 heavy (non-hydrogen) atoms. The van der Waals surface area contributed by atoms with Crippen molar-refractivity contribution in [1.29, 1.82) is 0 Å². The van der Waals surface area contributed by atoms with Crippen molar-refractivity contribution in [3.05, 3.63) is 17.7 Å². The molecule has 0 unspecified atom stereocenters. The molecule has 1 aliphatic carbocycles. The largest absolute Gasteiger partial charge is 0.379 e. The monoisotopic (exact) mass is 251 g/mol. The summed E-state index contributed by atoms with van der Waals surface area (Å²) >= 11 is 0. The highest BCUT2D eigenvalue weighted by atomic mass is 16.5. The minimum Gasteiger partial charge on any atom is -0.379 e. The van der Waals surface area contributed by atoms with Crippen molar-refractivity contribution in [3.63, 3.8) is 0 Å². The van der Waals surface area contributed by atoms with Gasteiger partial charge in [-0.05, 0) is 25.7 Å². The number of aryl methyl sites for hydroxylation is 1. The van der Waals surface area contributed by atoms with Crippen molar-refractivity contribution in [3.8, 4) is 0 Å². The molecule has 1 fully saturated rings. The van der Waals surface area contributed by atoms with Gasteiger partial charge in [-0.2, -0.15) is 0 Å². The average molecular weight is 251 g/mol. The third-order valence-corrected chi connectivity index (χ3v) is 3.20. The predicted octanol–water partition coefficient (Wildman–Crippen LogP) is 2.12. The molecule has 1 N–H and O–H groups in total. The summed E-state index contributed by atoms with van der Waals surface area (Å²) < 4.78 is 7.91. The van der Waals surface area contributed by atoms with E-state index in [0.29, 0.717) is 5.92 Å². The quantitative estimate of drug-likeness (QED) is 0.719. The van der Waals surface area contributed by atoms with Gasteiger partial charge in [0, 0.05) is 31.9 Å². The van der Waals surface area contributed by atoms with Crippen LogP contribution in [0.4, 0.5) is 0 Å². The molecule has 0 bridgehead atoms. The third kappa shape index (κ3) is 4.10. The fourth-order valence-corrected chi connectivity index (χ4v) is 1.97. The zero-order chi connectivity index (χ0) is 13.0. The van der Waals surface area contributed by atoms with Crippen molar-refractivity contribution in [2.24, 2.45) is 5.92 Å². The Morgan fingerprint density at radius 3 is 2.94 bits per heavy atom. The number of nitrogens with one attached hydrogen (secondary N) is 1. The van der Waals surface area contributed by atoms with E-state index in [0.717, 1.165) is 38.2 Å². The van der Waals surface area contributed by atoms with Crippen LogP contribution in [-0.4, -0.2) is 28.8 Å². The molecule has 2 rings (SSSR count). The number of nitrogens with zero attached hydrogens (tertiary/aromatic N) is 2. The Kier molecular flexibility index (Phi) is 4.78. The lowest BCUT2D eigenvalue weighted by Gasteiger charge is -2.12. The Morgan fingerprint density at radius 2 is 2.28 bits per heavy atom. The van der Waals surface area contributed by atoms with E-state index in [-0.39, 0.29) is 0 Å².